The average Bonchev–Trinajstić information content (AvgIpc) is 3.44. The largest absolute Gasteiger partial charge is 0.507 e. The van der Waals surface area contributed by atoms with Crippen LogP contribution in [0.1, 0.15) is 72.6 Å². The standard InChI is InChI=1S/C30H31ClN2O6S/c1-5-7-8-15-39-22-14-11-20(16-23(22)38-6-2)25-24(26(35)19-9-12-21(31)13-10-19)27(36)29(37)33(25)30-32-17(3)28(40-30)18(4)34/h9-14,16,25,35H,5-8,15H2,1-4H3/b26-24+. The number of aliphatic hydroxyl groups is 1. The van der Waals surface area contributed by atoms with Crippen LogP contribution in [-0.2, 0) is 9.59 Å². The smallest absolute Gasteiger partial charge is 0.301 e. The van der Waals surface area contributed by atoms with E-state index >= 15 is 0 Å². The highest BCUT2D eigenvalue weighted by Gasteiger charge is 2.48. The summed E-state index contributed by atoms with van der Waals surface area (Å²) in [5.74, 6) is -1.28. The van der Waals surface area contributed by atoms with Crippen molar-refractivity contribution in [3.63, 3.8) is 0 Å². The van der Waals surface area contributed by atoms with Crippen molar-refractivity contribution in [1.29, 1.82) is 0 Å². The summed E-state index contributed by atoms with van der Waals surface area (Å²) in [5.41, 5.74) is 1.18. The number of halogens is 1. The first-order chi connectivity index (χ1) is 19.2. The fourth-order valence-corrected chi connectivity index (χ4v) is 5.65. The van der Waals surface area contributed by atoms with Crippen molar-refractivity contribution in [3.8, 4) is 11.5 Å². The second-order valence-corrected chi connectivity index (χ2v) is 10.8. The summed E-state index contributed by atoms with van der Waals surface area (Å²) in [6, 6.07) is 10.5. The van der Waals surface area contributed by atoms with Gasteiger partial charge in [0.2, 0.25) is 0 Å². The molecule has 1 amide bonds. The van der Waals surface area contributed by atoms with Gasteiger partial charge in [0.15, 0.2) is 22.4 Å². The molecule has 1 fully saturated rings. The average molecular weight is 583 g/mol. The number of amides is 1. The Balaban J connectivity index is 1.88. The third-order valence-electron chi connectivity index (χ3n) is 6.46. The molecule has 1 aromatic heterocycles. The van der Waals surface area contributed by atoms with E-state index in [9.17, 15) is 19.5 Å². The van der Waals surface area contributed by atoms with Crippen LogP contribution in [0.5, 0.6) is 11.5 Å². The molecule has 0 saturated carbocycles. The van der Waals surface area contributed by atoms with E-state index in [2.05, 4.69) is 11.9 Å². The van der Waals surface area contributed by atoms with Crippen LogP contribution in [0, 0.1) is 6.92 Å². The molecule has 1 N–H and O–H groups in total. The summed E-state index contributed by atoms with van der Waals surface area (Å²) in [4.78, 5) is 45.2. The maximum atomic E-state index is 13.5. The number of nitrogens with zero attached hydrogens (tertiary/aromatic N) is 2. The van der Waals surface area contributed by atoms with Gasteiger partial charge in [0, 0.05) is 17.5 Å². The van der Waals surface area contributed by atoms with Crippen LogP contribution in [-0.4, -0.2) is 40.8 Å². The molecule has 2 aromatic carbocycles. The van der Waals surface area contributed by atoms with Crippen molar-refractivity contribution in [2.24, 2.45) is 0 Å². The number of ketones is 2. The molecule has 210 valence electrons. The lowest BCUT2D eigenvalue weighted by molar-refractivity contribution is -0.132. The molecule has 3 aromatic rings. The van der Waals surface area contributed by atoms with Crippen molar-refractivity contribution in [3.05, 3.63) is 74.8 Å². The van der Waals surface area contributed by atoms with Crippen LogP contribution in [0.25, 0.3) is 5.76 Å². The predicted octanol–water partition coefficient (Wildman–Crippen LogP) is 6.90. The Kier molecular flexibility index (Phi) is 9.27. The first-order valence-electron chi connectivity index (χ1n) is 13.1. The second-order valence-electron chi connectivity index (χ2n) is 9.34. The molecule has 10 heteroatoms. The number of aryl methyl sites for hydroxylation is 1. The molecule has 0 radical (unpaired) electrons. The first-order valence-corrected chi connectivity index (χ1v) is 14.3. The minimum absolute atomic E-state index is 0.108. The van der Waals surface area contributed by atoms with Crippen molar-refractivity contribution in [2.45, 2.75) is 53.0 Å². The number of Topliss-reactive ketones (excluding diaryl/α,β-unsaturated/α-hetero) is 2. The Morgan fingerprint density at radius 1 is 1.07 bits per heavy atom. The molecular formula is C30H31ClN2O6S. The zero-order chi connectivity index (χ0) is 29.0. The van der Waals surface area contributed by atoms with Gasteiger partial charge in [0.05, 0.1) is 35.4 Å². The van der Waals surface area contributed by atoms with Crippen LogP contribution >= 0.6 is 22.9 Å². The summed E-state index contributed by atoms with van der Waals surface area (Å²) < 4.78 is 11.8. The van der Waals surface area contributed by atoms with Gasteiger partial charge in [-0.2, -0.15) is 0 Å². The van der Waals surface area contributed by atoms with Crippen molar-refractivity contribution in [2.75, 3.05) is 18.1 Å². The monoisotopic (exact) mass is 582 g/mol. The van der Waals surface area contributed by atoms with Gasteiger partial charge in [-0.1, -0.05) is 48.8 Å². The van der Waals surface area contributed by atoms with E-state index in [4.69, 9.17) is 21.1 Å². The number of carbonyl (C=O) groups is 3. The zero-order valence-electron chi connectivity index (χ0n) is 22.8. The van der Waals surface area contributed by atoms with Gasteiger partial charge in [-0.25, -0.2) is 4.98 Å². The molecule has 4 rings (SSSR count). The number of anilines is 1. The van der Waals surface area contributed by atoms with Gasteiger partial charge in [-0.05, 0) is 62.2 Å². The van der Waals surface area contributed by atoms with E-state index < -0.39 is 17.7 Å². The molecule has 1 unspecified atom stereocenters. The zero-order valence-corrected chi connectivity index (χ0v) is 24.4. The number of carbonyl (C=O) groups excluding carboxylic acids is 3. The normalized spacial score (nSPS) is 16.4. The van der Waals surface area contributed by atoms with E-state index in [1.165, 1.54) is 11.8 Å². The maximum Gasteiger partial charge on any atom is 0.301 e. The lowest BCUT2D eigenvalue weighted by Crippen LogP contribution is -2.29. The number of rotatable bonds is 11. The Labute approximate surface area is 242 Å². The van der Waals surface area contributed by atoms with E-state index in [-0.39, 0.29) is 22.2 Å². The Bertz CT molecular complexity index is 1460. The molecule has 1 aliphatic rings. The van der Waals surface area contributed by atoms with Gasteiger partial charge in [0.1, 0.15) is 5.76 Å². The molecule has 1 atom stereocenters. The van der Waals surface area contributed by atoms with E-state index in [0.717, 1.165) is 30.6 Å². The number of benzene rings is 2. The van der Waals surface area contributed by atoms with Crippen LogP contribution < -0.4 is 14.4 Å². The summed E-state index contributed by atoms with van der Waals surface area (Å²) in [7, 11) is 0. The number of hydrogen-bond donors (Lipinski definition) is 1. The maximum absolute atomic E-state index is 13.5. The van der Waals surface area contributed by atoms with Crippen LogP contribution in [0.2, 0.25) is 5.02 Å². The highest BCUT2D eigenvalue weighted by molar-refractivity contribution is 7.18. The van der Waals surface area contributed by atoms with Gasteiger partial charge >= 0.3 is 5.91 Å². The quantitative estimate of drug-likeness (QED) is 0.0861. The summed E-state index contributed by atoms with van der Waals surface area (Å²) >= 11 is 7.06. The fraction of sp³-hybridized carbons (Fsp3) is 0.333. The highest BCUT2D eigenvalue weighted by Crippen LogP contribution is 2.45. The number of thiazole rings is 1. The Morgan fingerprint density at radius 3 is 2.42 bits per heavy atom. The van der Waals surface area contributed by atoms with Gasteiger partial charge in [0.25, 0.3) is 5.78 Å². The van der Waals surface area contributed by atoms with Gasteiger partial charge in [-0.3, -0.25) is 19.3 Å². The fourth-order valence-electron chi connectivity index (χ4n) is 4.54. The van der Waals surface area contributed by atoms with Crippen LogP contribution in [0.15, 0.2) is 48.0 Å². The van der Waals surface area contributed by atoms with Crippen LogP contribution in [0.3, 0.4) is 0 Å². The minimum atomic E-state index is -1.03. The Morgan fingerprint density at radius 2 is 1.80 bits per heavy atom. The minimum Gasteiger partial charge on any atom is -0.507 e. The summed E-state index contributed by atoms with van der Waals surface area (Å²) in [6.07, 6.45) is 3.00. The van der Waals surface area contributed by atoms with E-state index in [1.54, 1.807) is 49.4 Å². The third kappa shape index (κ3) is 5.90. The first kappa shape index (κ1) is 29.3. The molecule has 40 heavy (non-hydrogen) atoms. The van der Waals surface area contributed by atoms with Crippen LogP contribution in [0.4, 0.5) is 5.13 Å². The van der Waals surface area contributed by atoms with Gasteiger partial charge < -0.3 is 14.6 Å². The summed E-state index contributed by atoms with van der Waals surface area (Å²) in [5, 5.41) is 12.0. The molecular weight excluding hydrogens is 552 g/mol. The second kappa shape index (κ2) is 12.7. The van der Waals surface area contributed by atoms with Gasteiger partial charge in [-0.15, -0.1) is 0 Å². The van der Waals surface area contributed by atoms with Crippen molar-refractivity contribution in [1.82, 2.24) is 4.98 Å². The van der Waals surface area contributed by atoms with Crippen molar-refractivity contribution < 1.29 is 29.0 Å². The SMILES string of the molecule is CCCCCOc1ccc(C2/C(=C(\O)c3ccc(Cl)cc3)C(=O)C(=O)N2c2nc(C)c(C(C)=O)s2)cc1OCC. The summed E-state index contributed by atoms with van der Waals surface area (Å²) in [6.45, 7) is 7.95. The topological polar surface area (TPSA) is 106 Å². The lowest BCUT2D eigenvalue weighted by Gasteiger charge is -2.24. The molecule has 1 aliphatic heterocycles. The number of unbranched alkanes of at least 4 members (excludes halogenated alkanes) is 2. The third-order valence-corrected chi connectivity index (χ3v) is 7.97. The molecule has 1 saturated heterocycles. The highest BCUT2D eigenvalue weighted by atomic mass is 35.5. The lowest BCUT2D eigenvalue weighted by atomic mass is 9.95. The van der Waals surface area contributed by atoms with Crippen molar-refractivity contribution >= 4 is 51.3 Å². The molecule has 8 nitrogen and oxygen atoms in total. The molecule has 2 heterocycles. The molecule has 0 aliphatic carbocycles. The van der Waals surface area contributed by atoms with E-state index in [0.29, 0.717) is 51.4 Å². The Hall–Kier alpha value is -3.69. The molecule has 0 spiro atoms. The number of aromatic nitrogens is 1. The number of hydrogen-bond acceptors (Lipinski definition) is 8. The van der Waals surface area contributed by atoms with E-state index in [1.807, 2.05) is 6.92 Å². The predicted molar refractivity (Wildman–Crippen MR) is 156 cm³/mol. The number of ether oxygens (including phenoxy) is 2. The molecule has 0 bridgehead atoms. The number of aliphatic hydroxyl groups excluding tert-OH is 1.